The average molecular weight is 353 g/mol. The van der Waals surface area contributed by atoms with Gasteiger partial charge in [0.15, 0.2) is 0 Å². The first-order valence-corrected chi connectivity index (χ1v) is 7.67. The van der Waals surface area contributed by atoms with Gasteiger partial charge in [0, 0.05) is 28.9 Å². The van der Waals surface area contributed by atoms with Crippen molar-refractivity contribution in [1.29, 1.82) is 0 Å². The van der Waals surface area contributed by atoms with Crippen LogP contribution < -0.4 is 4.74 Å². The number of aliphatic imine (C=N–C) groups is 1. The topological polar surface area (TPSA) is 64.7 Å². The van der Waals surface area contributed by atoms with Crippen LogP contribution in [0, 0.1) is 10.1 Å². The Morgan fingerprint density at radius 1 is 1.26 bits per heavy atom. The molecular weight excluding hydrogens is 339 g/mol. The molecule has 7 heteroatoms. The maximum Gasteiger partial charge on any atom is 0.269 e. The zero-order valence-corrected chi connectivity index (χ0v) is 13.8. The van der Waals surface area contributed by atoms with E-state index in [1.54, 1.807) is 30.5 Å². The predicted molar refractivity (Wildman–Crippen MR) is 92.6 cm³/mol. The molecule has 0 heterocycles. The van der Waals surface area contributed by atoms with Crippen molar-refractivity contribution in [1.82, 2.24) is 0 Å². The second kappa shape index (κ2) is 7.94. The number of hydrogen-bond donors (Lipinski definition) is 0. The molecule has 2 aromatic rings. The summed E-state index contributed by atoms with van der Waals surface area (Å²) in [5, 5.41) is 11.5. The molecule has 2 rings (SSSR count). The Balaban J connectivity index is 2.28. The van der Waals surface area contributed by atoms with E-state index in [-0.39, 0.29) is 5.69 Å². The van der Waals surface area contributed by atoms with E-state index in [1.165, 1.54) is 12.1 Å². The van der Waals surface area contributed by atoms with Crippen molar-refractivity contribution in [3.8, 4) is 5.75 Å². The Morgan fingerprint density at radius 3 is 2.57 bits per heavy atom. The second-order valence-electron chi connectivity index (χ2n) is 4.69. The van der Waals surface area contributed by atoms with Crippen molar-refractivity contribution in [2.45, 2.75) is 13.3 Å². The Bertz CT molecular complexity index is 731. The SMILES string of the molecule is CCCOc1c(Cl)cc(Cl)cc1C=Nc1ccc([N+](=O)[O-])cc1. The maximum absolute atomic E-state index is 10.6. The molecule has 0 bridgehead atoms. The minimum atomic E-state index is -0.457. The van der Waals surface area contributed by atoms with Crippen LogP contribution >= 0.6 is 23.2 Å². The summed E-state index contributed by atoms with van der Waals surface area (Å²) in [4.78, 5) is 14.5. The van der Waals surface area contributed by atoms with Crippen LogP contribution in [-0.2, 0) is 0 Å². The Kier molecular flexibility index (Phi) is 5.96. The molecule has 0 radical (unpaired) electrons. The molecule has 23 heavy (non-hydrogen) atoms. The summed E-state index contributed by atoms with van der Waals surface area (Å²) >= 11 is 12.2. The van der Waals surface area contributed by atoms with Crippen molar-refractivity contribution in [3.63, 3.8) is 0 Å². The molecule has 0 aliphatic rings. The van der Waals surface area contributed by atoms with Gasteiger partial charge in [0.1, 0.15) is 5.75 Å². The molecule has 0 aliphatic carbocycles. The van der Waals surface area contributed by atoms with Gasteiger partial charge in [0.2, 0.25) is 0 Å². The van der Waals surface area contributed by atoms with Crippen molar-refractivity contribution in [2.24, 2.45) is 4.99 Å². The van der Waals surface area contributed by atoms with Crippen molar-refractivity contribution < 1.29 is 9.66 Å². The molecule has 0 saturated heterocycles. The largest absolute Gasteiger partial charge is 0.491 e. The summed E-state index contributed by atoms with van der Waals surface area (Å²) in [6.07, 6.45) is 2.42. The summed E-state index contributed by atoms with van der Waals surface area (Å²) in [7, 11) is 0. The fourth-order valence-corrected chi connectivity index (χ4v) is 2.40. The van der Waals surface area contributed by atoms with Gasteiger partial charge < -0.3 is 4.74 Å². The Labute approximate surface area is 143 Å². The molecule has 2 aromatic carbocycles. The van der Waals surface area contributed by atoms with E-state index in [4.69, 9.17) is 27.9 Å². The highest BCUT2D eigenvalue weighted by Crippen LogP contribution is 2.32. The maximum atomic E-state index is 10.6. The van der Waals surface area contributed by atoms with Gasteiger partial charge in [-0.3, -0.25) is 15.1 Å². The number of benzene rings is 2. The zero-order chi connectivity index (χ0) is 16.8. The number of nitro benzene ring substituents is 1. The minimum Gasteiger partial charge on any atom is -0.491 e. The number of non-ortho nitro benzene ring substituents is 1. The van der Waals surface area contributed by atoms with Gasteiger partial charge in [-0.25, -0.2) is 0 Å². The van der Waals surface area contributed by atoms with Crippen LogP contribution in [0.2, 0.25) is 10.0 Å². The van der Waals surface area contributed by atoms with Crippen molar-refractivity contribution in [3.05, 3.63) is 62.1 Å². The molecule has 0 spiro atoms. The highest BCUT2D eigenvalue weighted by Gasteiger charge is 2.09. The third-order valence-corrected chi connectivity index (χ3v) is 3.40. The standard InChI is InChI=1S/C16H14Cl2N2O3/c1-2-7-23-16-11(8-12(17)9-15(16)18)10-19-13-3-5-14(6-4-13)20(21)22/h3-6,8-10H,2,7H2,1H3. The van der Waals surface area contributed by atoms with Gasteiger partial charge in [-0.15, -0.1) is 0 Å². The van der Waals surface area contributed by atoms with Crippen LogP contribution in [0.25, 0.3) is 0 Å². The number of hydrogen-bond acceptors (Lipinski definition) is 4. The van der Waals surface area contributed by atoms with Crippen LogP contribution in [0.3, 0.4) is 0 Å². The highest BCUT2D eigenvalue weighted by atomic mass is 35.5. The first-order chi connectivity index (χ1) is 11.0. The monoisotopic (exact) mass is 352 g/mol. The summed E-state index contributed by atoms with van der Waals surface area (Å²) in [5.41, 5.74) is 1.24. The lowest BCUT2D eigenvalue weighted by Crippen LogP contribution is -1.99. The Hall–Kier alpha value is -2.11. The van der Waals surface area contributed by atoms with Crippen LogP contribution in [0.4, 0.5) is 11.4 Å². The van der Waals surface area contributed by atoms with Gasteiger partial charge in [0.05, 0.1) is 22.2 Å². The van der Waals surface area contributed by atoms with E-state index in [0.29, 0.717) is 33.7 Å². The summed E-state index contributed by atoms with van der Waals surface area (Å²) in [5.74, 6) is 0.517. The van der Waals surface area contributed by atoms with Crippen molar-refractivity contribution in [2.75, 3.05) is 6.61 Å². The third kappa shape index (κ3) is 4.68. The van der Waals surface area contributed by atoms with Gasteiger partial charge in [-0.2, -0.15) is 0 Å². The number of nitro groups is 1. The normalized spacial score (nSPS) is 10.9. The quantitative estimate of drug-likeness (QED) is 0.394. The van der Waals surface area contributed by atoms with E-state index in [0.717, 1.165) is 6.42 Å². The predicted octanol–water partition coefficient (Wildman–Crippen LogP) is 5.44. The van der Waals surface area contributed by atoms with Crippen LogP contribution in [0.15, 0.2) is 41.4 Å². The molecule has 0 aliphatic heterocycles. The minimum absolute atomic E-state index is 0.0155. The summed E-state index contributed by atoms with van der Waals surface area (Å²) in [6.45, 7) is 2.52. The van der Waals surface area contributed by atoms with Crippen LogP contribution in [0.1, 0.15) is 18.9 Å². The van der Waals surface area contributed by atoms with E-state index in [1.807, 2.05) is 6.92 Å². The molecule has 0 amide bonds. The van der Waals surface area contributed by atoms with Crippen LogP contribution in [0.5, 0.6) is 5.75 Å². The van der Waals surface area contributed by atoms with E-state index >= 15 is 0 Å². The molecule has 120 valence electrons. The highest BCUT2D eigenvalue weighted by molar-refractivity contribution is 6.36. The van der Waals surface area contributed by atoms with E-state index in [2.05, 4.69) is 4.99 Å². The number of ether oxygens (including phenoxy) is 1. The molecule has 0 unspecified atom stereocenters. The van der Waals surface area contributed by atoms with Gasteiger partial charge in [-0.05, 0) is 30.7 Å². The summed E-state index contributed by atoms with van der Waals surface area (Å²) < 4.78 is 5.64. The van der Waals surface area contributed by atoms with Gasteiger partial charge >= 0.3 is 0 Å². The first kappa shape index (κ1) is 17.2. The number of rotatable bonds is 6. The number of nitrogens with zero attached hydrogens (tertiary/aromatic N) is 2. The zero-order valence-electron chi connectivity index (χ0n) is 12.3. The second-order valence-corrected chi connectivity index (χ2v) is 5.53. The molecule has 0 saturated carbocycles. The summed E-state index contributed by atoms with van der Waals surface area (Å²) in [6, 6.07) is 9.23. The third-order valence-electron chi connectivity index (χ3n) is 2.90. The fraction of sp³-hybridized carbons (Fsp3) is 0.188. The fourth-order valence-electron chi connectivity index (χ4n) is 1.84. The first-order valence-electron chi connectivity index (χ1n) is 6.91. The molecule has 0 aromatic heterocycles. The smallest absolute Gasteiger partial charge is 0.269 e. The lowest BCUT2D eigenvalue weighted by atomic mass is 10.2. The average Bonchev–Trinajstić information content (AvgIpc) is 2.52. The molecule has 0 atom stereocenters. The molecule has 0 fully saturated rings. The number of halogens is 2. The van der Waals surface area contributed by atoms with Gasteiger partial charge in [-0.1, -0.05) is 30.1 Å². The lowest BCUT2D eigenvalue weighted by Gasteiger charge is -2.10. The van der Waals surface area contributed by atoms with E-state index < -0.39 is 4.92 Å². The van der Waals surface area contributed by atoms with Crippen LogP contribution in [-0.4, -0.2) is 17.7 Å². The molecule has 5 nitrogen and oxygen atoms in total. The van der Waals surface area contributed by atoms with Gasteiger partial charge in [0.25, 0.3) is 5.69 Å². The lowest BCUT2D eigenvalue weighted by molar-refractivity contribution is -0.384. The Morgan fingerprint density at radius 2 is 1.96 bits per heavy atom. The molecule has 0 N–H and O–H groups in total. The van der Waals surface area contributed by atoms with Crippen molar-refractivity contribution >= 4 is 40.8 Å². The van der Waals surface area contributed by atoms with E-state index in [9.17, 15) is 10.1 Å². The molecular formula is C16H14Cl2N2O3.